The highest BCUT2D eigenvalue weighted by atomic mass is 35.5. The molecule has 0 radical (unpaired) electrons. The first-order valence-electron chi connectivity index (χ1n) is 10.5. The maximum absolute atomic E-state index is 13.1. The van der Waals surface area contributed by atoms with Gasteiger partial charge in [0.1, 0.15) is 12.6 Å². The number of fused-ring (bicyclic) bond motifs is 1. The standard InChI is InChI=1S/C22H32N4O3.ClH/c1-16(2)7-9-23-22(29)24-10-8-19-21(28)25(15-20(27)26(19)12-11-24)14-18-6-4-5-17(3)13-18;/h4-6,13,16,19H,7-12,14-15H2,1-3H3,(H,23,29);1H. The molecule has 0 aliphatic carbocycles. The number of hydrogen-bond donors (Lipinski definition) is 1. The Hall–Kier alpha value is -2.28. The molecule has 1 atom stereocenters. The van der Waals surface area contributed by atoms with Gasteiger partial charge in [-0.15, -0.1) is 12.4 Å². The molecule has 3 rings (SSSR count). The third kappa shape index (κ3) is 5.88. The molecule has 1 unspecified atom stereocenters. The van der Waals surface area contributed by atoms with Crippen LogP contribution in [0.4, 0.5) is 4.79 Å². The van der Waals surface area contributed by atoms with Crippen LogP contribution in [0, 0.1) is 12.8 Å². The first-order chi connectivity index (χ1) is 13.8. The zero-order chi connectivity index (χ0) is 21.0. The summed E-state index contributed by atoms with van der Waals surface area (Å²) < 4.78 is 0. The van der Waals surface area contributed by atoms with Gasteiger partial charge in [-0.1, -0.05) is 43.7 Å². The van der Waals surface area contributed by atoms with Crippen molar-refractivity contribution in [2.75, 3.05) is 32.7 Å². The van der Waals surface area contributed by atoms with Gasteiger partial charge in [0, 0.05) is 32.7 Å². The van der Waals surface area contributed by atoms with E-state index in [0.29, 0.717) is 45.1 Å². The molecular formula is C22H33ClN4O3. The maximum atomic E-state index is 13.1. The van der Waals surface area contributed by atoms with Crippen molar-refractivity contribution in [3.8, 4) is 0 Å². The van der Waals surface area contributed by atoms with Crippen molar-refractivity contribution >= 4 is 30.3 Å². The quantitative estimate of drug-likeness (QED) is 0.770. The average molecular weight is 437 g/mol. The van der Waals surface area contributed by atoms with Crippen LogP contribution >= 0.6 is 12.4 Å². The number of carbonyl (C=O) groups is 3. The number of carbonyl (C=O) groups excluding carboxylic acids is 3. The summed E-state index contributed by atoms with van der Waals surface area (Å²) >= 11 is 0. The Bertz CT molecular complexity index is 771. The summed E-state index contributed by atoms with van der Waals surface area (Å²) in [5.41, 5.74) is 2.16. The lowest BCUT2D eigenvalue weighted by Gasteiger charge is -2.39. The number of urea groups is 1. The molecule has 1 aromatic carbocycles. The lowest BCUT2D eigenvalue weighted by atomic mass is 10.1. The summed E-state index contributed by atoms with van der Waals surface area (Å²) in [4.78, 5) is 43.3. The minimum absolute atomic E-state index is 0. The van der Waals surface area contributed by atoms with Gasteiger partial charge in [0.2, 0.25) is 11.8 Å². The average Bonchev–Trinajstić information content (AvgIpc) is 2.89. The SMILES string of the molecule is Cc1cccc(CN2CC(=O)N3CCN(C(=O)NCCC(C)C)CCC3C2=O)c1.Cl. The molecule has 1 aromatic rings. The van der Waals surface area contributed by atoms with Crippen LogP contribution < -0.4 is 5.32 Å². The summed E-state index contributed by atoms with van der Waals surface area (Å²) in [6.45, 7) is 8.78. The van der Waals surface area contributed by atoms with Crippen LogP contribution in [0.5, 0.6) is 0 Å². The van der Waals surface area contributed by atoms with E-state index >= 15 is 0 Å². The second-order valence-corrected chi connectivity index (χ2v) is 8.48. The van der Waals surface area contributed by atoms with Gasteiger partial charge < -0.3 is 20.0 Å². The summed E-state index contributed by atoms with van der Waals surface area (Å²) in [5.74, 6) is 0.473. The molecule has 1 N–H and O–H groups in total. The van der Waals surface area contributed by atoms with Crippen molar-refractivity contribution in [3.63, 3.8) is 0 Å². The van der Waals surface area contributed by atoms with Crippen molar-refractivity contribution in [1.29, 1.82) is 0 Å². The maximum Gasteiger partial charge on any atom is 0.317 e. The molecular weight excluding hydrogens is 404 g/mol. The van der Waals surface area contributed by atoms with Crippen LogP contribution in [0.15, 0.2) is 24.3 Å². The van der Waals surface area contributed by atoms with Crippen molar-refractivity contribution in [1.82, 2.24) is 20.0 Å². The lowest BCUT2D eigenvalue weighted by Crippen LogP contribution is -2.59. The second-order valence-electron chi connectivity index (χ2n) is 8.48. The first kappa shape index (κ1) is 24.0. The Morgan fingerprint density at radius 3 is 2.67 bits per heavy atom. The fourth-order valence-electron chi connectivity index (χ4n) is 3.98. The predicted octanol–water partition coefficient (Wildman–Crippen LogP) is 2.42. The fourth-order valence-corrected chi connectivity index (χ4v) is 3.98. The van der Waals surface area contributed by atoms with Crippen LogP contribution in [-0.2, 0) is 16.1 Å². The smallest absolute Gasteiger partial charge is 0.317 e. The van der Waals surface area contributed by atoms with Gasteiger partial charge in [-0.05, 0) is 31.2 Å². The second kappa shape index (κ2) is 10.7. The largest absolute Gasteiger partial charge is 0.338 e. The molecule has 4 amide bonds. The number of rotatable bonds is 5. The van der Waals surface area contributed by atoms with Gasteiger partial charge in [0.25, 0.3) is 0 Å². The highest BCUT2D eigenvalue weighted by Crippen LogP contribution is 2.21. The number of halogens is 1. The molecule has 8 heteroatoms. The van der Waals surface area contributed by atoms with E-state index in [1.54, 1.807) is 14.7 Å². The van der Waals surface area contributed by atoms with Crippen LogP contribution in [0.2, 0.25) is 0 Å². The third-order valence-electron chi connectivity index (χ3n) is 5.64. The minimum atomic E-state index is -0.477. The van der Waals surface area contributed by atoms with Crippen LogP contribution in [-0.4, -0.2) is 71.3 Å². The van der Waals surface area contributed by atoms with Gasteiger partial charge in [0.05, 0.1) is 0 Å². The molecule has 2 fully saturated rings. The van der Waals surface area contributed by atoms with Gasteiger partial charge in [-0.25, -0.2) is 4.79 Å². The highest BCUT2D eigenvalue weighted by Gasteiger charge is 2.41. The minimum Gasteiger partial charge on any atom is -0.338 e. The summed E-state index contributed by atoms with van der Waals surface area (Å²) in [7, 11) is 0. The van der Waals surface area contributed by atoms with E-state index in [2.05, 4.69) is 19.2 Å². The van der Waals surface area contributed by atoms with Crippen molar-refractivity contribution in [2.24, 2.45) is 5.92 Å². The molecule has 2 aliphatic rings. The van der Waals surface area contributed by atoms with Crippen molar-refractivity contribution in [2.45, 2.75) is 46.2 Å². The Morgan fingerprint density at radius 1 is 1.20 bits per heavy atom. The normalized spacial score (nSPS) is 19.3. The molecule has 30 heavy (non-hydrogen) atoms. The van der Waals surface area contributed by atoms with Crippen LogP contribution in [0.1, 0.15) is 37.8 Å². The number of aryl methyl sites for hydroxylation is 1. The number of piperazine rings is 1. The number of benzene rings is 1. The molecule has 0 saturated carbocycles. The first-order valence-corrected chi connectivity index (χ1v) is 10.5. The van der Waals surface area contributed by atoms with Gasteiger partial charge >= 0.3 is 6.03 Å². The zero-order valence-corrected chi connectivity index (χ0v) is 18.9. The number of nitrogens with one attached hydrogen (secondary N) is 1. The molecule has 2 heterocycles. The molecule has 0 spiro atoms. The fraction of sp³-hybridized carbons (Fsp3) is 0.591. The molecule has 0 bridgehead atoms. The van der Waals surface area contributed by atoms with Crippen LogP contribution in [0.25, 0.3) is 0 Å². The number of nitrogens with zero attached hydrogens (tertiary/aromatic N) is 3. The van der Waals surface area contributed by atoms with Gasteiger partial charge in [0.15, 0.2) is 0 Å². The van der Waals surface area contributed by atoms with E-state index in [1.165, 1.54) is 0 Å². The van der Waals surface area contributed by atoms with E-state index in [-0.39, 0.29) is 36.8 Å². The highest BCUT2D eigenvalue weighted by molar-refractivity contribution is 5.95. The summed E-state index contributed by atoms with van der Waals surface area (Å²) in [6.07, 6.45) is 1.41. The van der Waals surface area contributed by atoms with Crippen LogP contribution in [0.3, 0.4) is 0 Å². The molecule has 2 aliphatic heterocycles. The lowest BCUT2D eigenvalue weighted by molar-refractivity contribution is -0.156. The summed E-state index contributed by atoms with van der Waals surface area (Å²) in [5, 5.41) is 2.95. The van der Waals surface area contributed by atoms with Crippen molar-refractivity contribution in [3.05, 3.63) is 35.4 Å². The number of amides is 4. The van der Waals surface area contributed by atoms with E-state index < -0.39 is 6.04 Å². The van der Waals surface area contributed by atoms with E-state index in [0.717, 1.165) is 17.5 Å². The Morgan fingerprint density at radius 2 is 1.97 bits per heavy atom. The molecule has 2 saturated heterocycles. The third-order valence-corrected chi connectivity index (χ3v) is 5.64. The Labute approximate surface area is 185 Å². The van der Waals surface area contributed by atoms with E-state index in [9.17, 15) is 14.4 Å². The molecule has 0 aromatic heterocycles. The van der Waals surface area contributed by atoms with Gasteiger partial charge in [-0.2, -0.15) is 0 Å². The number of hydrogen-bond acceptors (Lipinski definition) is 3. The monoisotopic (exact) mass is 436 g/mol. The Balaban J connectivity index is 0.00000320. The summed E-state index contributed by atoms with van der Waals surface area (Å²) in [6, 6.07) is 7.42. The molecule has 7 nitrogen and oxygen atoms in total. The Kier molecular flexibility index (Phi) is 8.53. The van der Waals surface area contributed by atoms with E-state index in [1.807, 2.05) is 31.2 Å². The van der Waals surface area contributed by atoms with Gasteiger partial charge in [-0.3, -0.25) is 9.59 Å². The predicted molar refractivity (Wildman–Crippen MR) is 118 cm³/mol. The topological polar surface area (TPSA) is 73.0 Å². The molecule has 166 valence electrons. The van der Waals surface area contributed by atoms with Crippen molar-refractivity contribution < 1.29 is 14.4 Å². The zero-order valence-electron chi connectivity index (χ0n) is 18.1. The van der Waals surface area contributed by atoms with E-state index in [4.69, 9.17) is 0 Å².